The Labute approximate surface area is 289 Å². The molecule has 0 aliphatic heterocycles. The summed E-state index contributed by atoms with van der Waals surface area (Å²) in [5.74, 6) is 0. The van der Waals surface area contributed by atoms with Gasteiger partial charge in [0.1, 0.15) is 5.69 Å². The third-order valence-electron chi connectivity index (χ3n) is 9.75. The van der Waals surface area contributed by atoms with E-state index in [-0.39, 0.29) is 0 Å². The zero-order chi connectivity index (χ0) is 33.9. The standard InChI is InChI=1S/C45H67N2/c1-8-12-15-17-19-22-29-41-35-43(32-36(5)44(41)30-25-20-18-16-13-9-2)46-47(11-4)38(7)33-39-31-37(6)45(40-27-23-21-24-28-40)42(34-39)26-14-10-3/h21,23-24,27-28,31-35H,8-20,22,25-26,29-30H2,1-7H3/q+1. The molecule has 2 heteroatoms. The summed E-state index contributed by atoms with van der Waals surface area (Å²) in [6.07, 6.45) is 24.4. The Morgan fingerprint density at radius 2 is 1.21 bits per heavy atom. The SMILES string of the molecule is CCCCCCCCc1cc(N=[N+](CC)C(C)=Cc2cc(C)c(-c3ccccc3)c(CCCC)c2)cc(C)c1CCCCCCCC. The van der Waals surface area contributed by atoms with E-state index >= 15 is 0 Å². The van der Waals surface area contributed by atoms with Crippen molar-refractivity contribution in [1.29, 1.82) is 0 Å². The summed E-state index contributed by atoms with van der Waals surface area (Å²) in [6.45, 7) is 16.8. The van der Waals surface area contributed by atoms with Crippen molar-refractivity contribution in [2.45, 2.75) is 158 Å². The van der Waals surface area contributed by atoms with Crippen molar-refractivity contribution in [3.8, 4) is 11.1 Å². The first-order valence-corrected chi connectivity index (χ1v) is 19.4. The molecule has 0 spiro atoms. The minimum atomic E-state index is 0.845. The van der Waals surface area contributed by atoms with Gasteiger partial charge in [-0.2, -0.15) is 0 Å². The molecule has 3 aromatic rings. The predicted molar refractivity (Wildman–Crippen MR) is 207 cm³/mol. The molecule has 2 nitrogen and oxygen atoms in total. The van der Waals surface area contributed by atoms with Crippen molar-refractivity contribution in [3.05, 3.63) is 93.7 Å². The number of nitrogens with zero attached hydrogens (tertiary/aromatic N) is 2. The van der Waals surface area contributed by atoms with Gasteiger partial charge in [-0.25, -0.2) is 0 Å². The third kappa shape index (κ3) is 12.9. The number of benzene rings is 3. The molecule has 0 saturated heterocycles. The average Bonchev–Trinajstić information content (AvgIpc) is 3.06. The zero-order valence-electron chi connectivity index (χ0n) is 31.4. The maximum absolute atomic E-state index is 5.26. The minimum absolute atomic E-state index is 0.845. The van der Waals surface area contributed by atoms with Crippen LogP contribution in [0.5, 0.6) is 0 Å². The van der Waals surface area contributed by atoms with E-state index < -0.39 is 0 Å². The molecule has 0 aliphatic carbocycles. The molecule has 0 N–H and O–H groups in total. The van der Waals surface area contributed by atoms with Gasteiger partial charge in [0, 0.05) is 13.0 Å². The van der Waals surface area contributed by atoms with E-state index in [0.29, 0.717) is 0 Å². The Morgan fingerprint density at radius 3 is 1.85 bits per heavy atom. The monoisotopic (exact) mass is 636 g/mol. The molecular formula is C45H67N2+. The maximum atomic E-state index is 5.26. The molecule has 0 bridgehead atoms. The second-order valence-electron chi connectivity index (χ2n) is 13.9. The van der Waals surface area contributed by atoms with Crippen LogP contribution in [0.15, 0.2) is 65.4 Å². The maximum Gasteiger partial charge on any atom is 0.206 e. The summed E-state index contributed by atoms with van der Waals surface area (Å²) in [4.78, 5) is 0. The Bertz CT molecular complexity index is 1400. The molecule has 0 heterocycles. The van der Waals surface area contributed by atoms with Crippen LogP contribution in [0.2, 0.25) is 0 Å². The van der Waals surface area contributed by atoms with E-state index in [4.69, 9.17) is 5.11 Å². The lowest BCUT2D eigenvalue weighted by Crippen LogP contribution is -2.06. The van der Waals surface area contributed by atoms with E-state index in [2.05, 4.69) is 114 Å². The van der Waals surface area contributed by atoms with E-state index in [9.17, 15) is 0 Å². The highest BCUT2D eigenvalue weighted by Gasteiger charge is 2.15. The molecule has 0 atom stereocenters. The highest BCUT2D eigenvalue weighted by Crippen LogP contribution is 2.32. The minimum Gasteiger partial charge on any atom is -0.0885 e. The van der Waals surface area contributed by atoms with Crippen LogP contribution in [-0.4, -0.2) is 11.2 Å². The normalized spacial score (nSPS) is 12.2. The fourth-order valence-electron chi connectivity index (χ4n) is 7.10. The lowest BCUT2D eigenvalue weighted by Gasteiger charge is -2.15. The van der Waals surface area contributed by atoms with Crippen LogP contribution in [0.1, 0.15) is 158 Å². The number of azo groups is 2. The third-order valence-corrected chi connectivity index (χ3v) is 9.75. The van der Waals surface area contributed by atoms with Crippen molar-refractivity contribution in [2.24, 2.45) is 5.11 Å². The van der Waals surface area contributed by atoms with Crippen molar-refractivity contribution >= 4 is 11.8 Å². The Morgan fingerprint density at radius 1 is 0.617 bits per heavy atom. The van der Waals surface area contributed by atoms with E-state index in [1.54, 1.807) is 5.56 Å². The highest BCUT2D eigenvalue weighted by atomic mass is 15.3. The average molecular weight is 636 g/mol. The molecule has 0 amide bonds. The number of unbranched alkanes of at least 4 members (excludes halogenated alkanes) is 11. The topological polar surface area (TPSA) is 15.4 Å². The van der Waals surface area contributed by atoms with Gasteiger partial charge in [0.2, 0.25) is 5.70 Å². The van der Waals surface area contributed by atoms with Crippen LogP contribution in [0.25, 0.3) is 17.2 Å². The van der Waals surface area contributed by atoms with Crippen LogP contribution in [-0.2, 0) is 19.3 Å². The van der Waals surface area contributed by atoms with Gasteiger partial charge in [0.05, 0.1) is 0 Å². The van der Waals surface area contributed by atoms with Gasteiger partial charge in [-0.05, 0) is 121 Å². The summed E-state index contributed by atoms with van der Waals surface area (Å²) >= 11 is 0. The number of hydrogen-bond acceptors (Lipinski definition) is 1. The molecule has 0 unspecified atom stereocenters. The summed E-state index contributed by atoms with van der Waals surface area (Å²) in [5.41, 5.74) is 13.6. The number of allylic oxidation sites excluding steroid dienone is 1. The molecule has 0 saturated carbocycles. The molecule has 47 heavy (non-hydrogen) atoms. The van der Waals surface area contributed by atoms with Gasteiger partial charge in [-0.15, -0.1) is 0 Å². The Kier molecular flexibility index (Phi) is 17.8. The van der Waals surface area contributed by atoms with Crippen molar-refractivity contribution in [1.82, 2.24) is 0 Å². The summed E-state index contributed by atoms with van der Waals surface area (Å²) < 4.78 is 2.20. The first-order valence-electron chi connectivity index (χ1n) is 19.4. The van der Waals surface area contributed by atoms with Crippen LogP contribution in [0.3, 0.4) is 0 Å². The van der Waals surface area contributed by atoms with Gasteiger partial charge < -0.3 is 0 Å². The van der Waals surface area contributed by atoms with E-state index in [1.165, 1.54) is 147 Å². The summed E-state index contributed by atoms with van der Waals surface area (Å²) in [6, 6.07) is 20.4. The molecule has 0 aliphatic rings. The Hall–Kier alpha value is -3.00. The van der Waals surface area contributed by atoms with Gasteiger partial charge in [0.25, 0.3) is 0 Å². The molecule has 0 fully saturated rings. The molecule has 256 valence electrons. The van der Waals surface area contributed by atoms with Crippen molar-refractivity contribution in [3.63, 3.8) is 0 Å². The van der Waals surface area contributed by atoms with E-state index in [0.717, 1.165) is 18.7 Å². The fourth-order valence-corrected chi connectivity index (χ4v) is 7.10. The van der Waals surface area contributed by atoms with Gasteiger partial charge >= 0.3 is 0 Å². The first kappa shape index (κ1) is 38.4. The van der Waals surface area contributed by atoms with Crippen LogP contribution < -0.4 is 0 Å². The summed E-state index contributed by atoms with van der Waals surface area (Å²) in [5, 5.41) is 5.26. The van der Waals surface area contributed by atoms with Gasteiger partial charge in [0.15, 0.2) is 6.54 Å². The highest BCUT2D eigenvalue weighted by molar-refractivity contribution is 5.73. The Balaban J connectivity index is 1.89. The van der Waals surface area contributed by atoms with Crippen LogP contribution in [0, 0.1) is 13.8 Å². The van der Waals surface area contributed by atoms with Crippen LogP contribution in [0.4, 0.5) is 5.69 Å². The molecular weight excluding hydrogens is 569 g/mol. The molecule has 3 aromatic carbocycles. The fraction of sp³-hybridized carbons (Fsp3) is 0.556. The predicted octanol–water partition coefficient (Wildman–Crippen LogP) is 14.3. The number of aryl methyl sites for hydroxylation is 4. The quantitative estimate of drug-likeness (QED) is 0.0593. The van der Waals surface area contributed by atoms with E-state index in [1.807, 2.05) is 0 Å². The first-order chi connectivity index (χ1) is 22.9. The molecule has 0 aromatic heterocycles. The van der Waals surface area contributed by atoms with Gasteiger partial charge in [-0.3, -0.25) is 0 Å². The molecule has 3 rings (SSSR count). The summed E-state index contributed by atoms with van der Waals surface area (Å²) in [7, 11) is 0. The smallest absolute Gasteiger partial charge is 0.0885 e. The largest absolute Gasteiger partial charge is 0.206 e. The lowest BCUT2D eigenvalue weighted by molar-refractivity contribution is -0.537. The zero-order valence-corrected chi connectivity index (χ0v) is 31.4. The lowest BCUT2D eigenvalue weighted by atomic mass is 9.90. The second kappa shape index (κ2) is 21.8. The van der Waals surface area contributed by atoms with Crippen molar-refractivity contribution in [2.75, 3.05) is 6.54 Å². The van der Waals surface area contributed by atoms with Crippen LogP contribution >= 0.6 is 0 Å². The van der Waals surface area contributed by atoms with Gasteiger partial charge in [-0.1, -0.05) is 139 Å². The molecule has 0 radical (unpaired) electrons. The second-order valence-corrected chi connectivity index (χ2v) is 13.9. The number of hydrogen-bond donors (Lipinski definition) is 0. The van der Waals surface area contributed by atoms with Crippen molar-refractivity contribution < 1.29 is 4.70 Å². The number of rotatable bonds is 22.